The van der Waals surface area contributed by atoms with Gasteiger partial charge < -0.3 is 24.8 Å². The number of nitrogens with one attached hydrogen (secondary N) is 1. The normalized spacial score (nSPS) is 12.2. The molecule has 0 fully saturated rings. The number of aromatic hydroxyl groups is 1. The number of benzene rings is 3. The SMILES string of the molecule is CCN(CC(=O)Nc1ccc2c(c1)OCCO2)C(=O)c1cc(Cc2ccccc2)ccc1O. The highest BCUT2D eigenvalue weighted by Gasteiger charge is 2.21. The number of nitrogens with zero attached hydrogens (tertiary/aromatic N) is 1. The van der Waals surface area contributed by atoms with E-state index in [1.165, 1.54) is 11.0 Å². The zero-order chi connectivity index (χ0) is 23.2. The highest BCUT2D eigenvalue weighted by atomic mass is 16.6. The van der Waals surface area contributed by atoms with E-state index in [0.29, 0.717) is 43.4 Å². The van der Waals surface area contributed by atoms with Crippen molar-refractivity contribution in [3.8, 4) is 17.2 Å². The van der Waals surface area contributed by atoms with Gasteiger partial charge in [-0.15, -0.1) is 0 Å². The van der Waals surface area contributed by atoms with Gasteiger partial charge in [0.1, 0.15) is 25.5 Å². The summed E-state index contributed by atoms with van der Waals surface area (Å²) in [4.78, 5) is 27.2. The molecule has 1 aliphatic heterocycles. The van der Waals surface area contributed by atoms with Crippen LogP contribution in [-0.2, 0) is 11.2 Å². The van der Waals surface area contributed by atoms with Gasteiger partial charge in [-0.2, -0.15) is 0 Å². The van der Waals surface area contributed by atoms with Gasteiger partial charge >= 0.3 is 0 Å². The molecule has 0 atom stereocenters. The van der Waals surface area contributed by atoms with E-state index < -0.39 is 5.91 Å². The van der Waals surface area contributed by atoms with Crippen LogP contribution in [0.5, 0.6) is 17.2 Å². The van der Waals surface area contributed by atoms with Crippen molar-refractivity contribution in [1.29, 1.82) is 0 Å². The largest absolute Gasteiger partial charge is 0.507 e. The summed E-state index contributed by atoms with van der Waals surface area (Å²) >= 11 is 0. The molecule has 0 saturated carbocycles. The monoisotopic (exact) mass is 446 g/mol. The van der Waals surface area contributed by atoms with Crippen LogP contribution in [0, 0.1) is 0 Å². The lowest BCUT2D eigenvalue weighted by molar-refractivity contribution is -0.116. The maximum absolute atomic E-state index is 13.1. The van der Waals surface area contributed by atoms with Crippen molar-refractivity contribution in [3.63, 3.8) is 0 Å². The maximum atomic E-state index is 13.1. The summed E-state index contributed by atoms with van der Waals surface area (Å²) in [5.74, 6) is 0.352. The molecule has 7 heteroatoms. The average Bonchev–Trinajstić information content (AvgIpc) is 2.84. The second-order valence-electron chi connectivity index (χ2n) is 7.74. The summed E-state index contributed by atoms with van der Waals surface area (Å²) in [5, 5.41) is 13.1. The molecular formula is C26H26N2O5. The number of anilines is 1. The van der Waals surface area contributed by atoms with Crippen molar-refractivity contribution >= 4 is 17.5 Å². The average molecular weight is 447 g/mol. The molecule has 2 amide bonds. The van der Waals surface area contributed by atoms with Gasteiger partial charge in [0.2, 0.25) is 5.91 Å². The van der Waals surface area contributed by atoms with Gasteiger partial charge in [-0.25, -0.2) is 0 Å². The molecule has 0 bridgehead atoms. The van der Waals surface area contributed by atoms with Crippen molar-refractivity contribution in [1.82, 2.24) is 4.90 Å². The first-order chi connectivity index (χ1) is 16.0. The van der Waals surface area contributed by atoms with Crippen LogP contribution in [0.3, 0.4) is 0 Å². The summed E-state index contributed by atoms with van der Waals surface area (Å²) in [6, 6.07) is 20.1. The number of carbonyl (C=O) groups excluding carboxylic acids is 2. The van der Waals surface area contributed by atoms with Gasteiger partial charge in [0, 0.05) is 18.3 Å². The Hall–Kier alpha value is -4.00. The minimum absolute atomic E-state index is 0.109. The first kappa shape index (κ1) is 22.2. The number of phenolic OH excluding ortho intramolecular Hbond substituents is 1. The molecule has 0 saturated heterocycles. The van der Waals surface area contributed by atoms with Gasteiger partial charge in [0.05, 0.1) is 5.56 Å². The lowest BCUT2D eigenvalue weighted by Gasteiger charge is -2.22. The minimum atomic E-state index is -0.401. The molecule has 4 rings (SSSR count). The van der Waals surface area contributed by atoms with Crippen LogP contribution in [-0.4, -0.2) is 48.1 Å². The molecule has 0 aromatic heterocycles. The molecule has 170 valence electrons. The molecule has 33 heavy (non-hydrogen) atoms. The van der Waals surface area contributed by atoms with Crippen LogP contribution < -0.4 is 14.8 Å². The third-order valence-corrected chi connectivity index (χ3v) is 5.37. The molecule has 2 N–H and O–H groups in total. The Bertz CT molecular complexity index is 1150. The van der Waals surface area contributed by atoms with E-state index in [4.69, 9.17) is 9.47 Å². The third-order valence-electron chi connectivity index (χ3n) is 5.37. The molecular weight excluding hydrogens is 420 g/mol. The van der Waals surface area contributed by atoms with Gasteiger partial charge in [-0.1, -0.05) is 36.4 Å². The van der Waals surface area contributed by atoms with Crippen molar-refractivity contribution in [3.05, 3.63) is 83.4 Å². The van der Waals surface area contributed by atoms with E-state index in [0.717, 1.165) is 11.1 Å². The Morgan fingerprint density at radius 2 is 1.70 bits per heavy atom. The highest BCUT2D eigenvalue weighted by Crippen LogP contribution is 2.32. The summed E-state index contributed by atoms with van der Waals surface area (Å²) in [6.07, 6.45) is 0.637. The Balaban J connectivity index is 1.44. The van der Waals surface area contributed by atoms with Crippen molar-refractivity contribution < 1.29 is 24.2 Å². The molecule has 0 radical (unpaired) electrons. The second-order valence-corrected chi connectivity index (χ2v) is 7.74. The number of hydrogen-bond donors (Lipinski definition) is 2. The van der Waals surface area contributed by atoms with E-state index in [9.17, 15) is 14.7 Å². The Kier molecular flexibility index (Phi) is 6.78. The molecule has 1 aliphatic rings. The van der Waals surface area contributed by atoms with Crippen LogP contribution in [0.2, 0.25) is 0 Å². The summed E-state index contributed by atoms with van der Waals surface area (Å²) < 4.78 is 11.0. The Morgan fingerprint density at radius 3 is 2.45 bits per heavy atom. The van der Waals surface area contributed by atoms with Crippen LogP contribution in [0.4, 0.5) is 5.69 Å². The van der Waals surface area contributed by atoms with E-state index in [-0.39, 0.29) is 23.8 Å². The number of likely N-dealkylation sites (N-methyl/N-ethyl adjacent to an activating group) is 1. The molecule has 3 aromatic carbocycles. The minimum Gasteiger partial charge on any atom is -0.507 e. The van der Waals surface area contributed by atoms with E-state index in [2.05, 4.69) is 5.32 Å². The maximum Gasteiger partial charge on any atom is 0.258 e. The summed E-state index contributed by atoms with van der Waals surface area (Å²) in [7, 11) is 0. The van der Waals surface area contributed by atoms with Gasteiger partial charge in [0.25, 0.3) is 5.91 Å². The standard InChI is InChI=1S/C26H26N2O5/c1-2-28(17-25(30)27-20-9-11-23-24(16-20)33-13-12-32-23)26(31)21-15-19(8-10-22(21)29)14-18-6-4-3-5-7-18/h3-11,15-16,29H,2,12-14,17H2,1H3,(H,27,30). The van der Waals surface area contributed by atoms with Crippen LogP contribution in [0.1, 0.15) is 28.4 Å². The van der Waals surface area contributed by atoms with Crippen molar-refractivity contribution in [2.45, 2.75) is 13.3 Å². The molecule has 1 heterocycles. The molecule has 7 nitrogen and oxygen atoms in total. The Morgan fingerprint density at radius 1 is 0.939 bits per heavy atom. The summed E-state index contributed by atoms with van der Waals surface area (Å²) in [6.45, 7) is 2.91. The lowest BCUT2D eigenvalue weighted by Crippen LogP contribution is -2.38. The fourth-order valence-electron chi connectivity index (χ4n) is 3.69. The number of ether oxygens (including phenoxy) is 2. The predicted octanol–water partition coefficient (Wildman–Crippen LogP) is 3.86. The second kappa shape index (κ2) is 10.1. The number of fused-ring (bicyclic) bond motifs is 1. The van der Waals surface area contributed by atoms with Crippen LogP contribution in [0.15, 0.2) is 66.7 Å². The third kappa shape index (κ3) is 5.44. The smallest absolute Gasteiger partial charge is 0.258 e. The van der Waals surface area contributed by atoms with Gasteiger partial charge in [-0.3, -0.25) is 9.59 Å². The molecule has 0 aliphatic carbocycles. The van der Waals surface area contributed by atoms with Crippen LogP contribution >= 0.6 is 0 Å². The van der Waals surface area contributed by atoms with E-state index in [1.54, 1.807) is 37.3 Å². The molecule has 0 unspecified atom stereocenters. The van der Waals surface area contributed by atoms with Crippen molar-refractivity contribution in [2.75, 3.05) is 31.6 Å². The van der Waals surface area contributed by atoms with Crippen molar-refractivity contribution in [2.24, 2.45) is 0 Å². The lowest BCUT2D eigenvalue weighted by atomic mass is 10.0. The van der Waals surface area contributed by atoms with E-state index >= 15 is 0 Å². The number of phenols is 1. The van der Waals surface area contributed by atoms with Gasteiger partial charge in [-0.05, 0) is 48.7 Å². The molecule has 0 spiro atoms. The first-order valence-corrected chi connectivity index (χ1v) is 10.9. The fourth-order valence-corrected chi connectivity index (χ4v) is 3.69. The number of carbonyl (C=O) groups is 2. The van der Waals surface area contributed by atoms with Gasteiger partial charge in [0.15, 0.2) is 11.5 Å². The highest BCUT2D eigenvalue weighted by molar-refractivity contribution is 6.01. The molecule has 3 aromatic rings. The van der Waals surface area contributed by atoms with Crippen LogP contribution in [0.25, 0.3) is 0 Å². The zero-order valence-electron chi connectivity index (χ0n) is 18.4. The fraction of sp³-hybridized carbons (Fsp3) is 0.231. The first-order valence-electron chi connectivity index (χ1n) is 10.9. The Labute approximate surface area is 192 Å². The quantitative estimate of drug-likeness (QED) is 0.576. The zero-order valence-corrected chi connectivity index (χ0v) is 18.4. The number of amides is 2. The number of rotatable bonds is 7. The number of hydrogen-bond acceptors (Lipinski definition) is 5. The predicted molar refractivity (Wildman–Crippen MR) is 125 cm³/mol. The topological polar surface area (TPSA) is 88.1 Å². The van der Waals surface area contributed by atoms with E-state index in [1.807, 2.05) is 30.3 Å². The summed E-state index contributed by atoms with van der Waals surface area (Å²) in [5.41, 5.74) is 2.74.